The minimum atomic E-state index is -3.01. The van der Waals surface area contributed by atoms with Crippen LogP contribution in [0.15, 0.2) is 0 Å². The number of sulfone groups is 1. The number of rotatable bonds is 7. The second kappa shape index (κ2) is 6.13. The van der Waals surface area contributed by atoms with Gasteiger partial charge in [-0.1, -0.05) is 20.8 Å². The summed E-state index contributed by atoms with van der Waals surface area (Å²) in [5.41, 5.74) is 2.19. The molecule has 0 saturated heterocycles. The Bertz CT molecular complexity index is 518. The van der Waals surface area contributed by atoms with Gasteiger partial charge < -0.3 is 0 Å². The fourth-order valence-electron chi connectivity index (χ4n) is 1.89. The molecule has 0 fully saturated rings. The maximum Gasteiger partial charge on any atom is 0.153 e. The molecule has 0 atom stereocenters. The van der Waals surface area contributed by atoms with Gasteiger partial charge >= 0.3 is 0 Å². The van der Waals surface area contributed by atoms with E-state index < -0.39 is 9.84 Å². The molecule has 1 aromatic rings. The number of carbonyl (C=O) groups excluding carboxylic acids is 1. The Morgan fingerprint density at radius 3 is 2.33 bits per heavy atom. The highest BCUT2D eigenvalue weighted by Gasteiger charge is 2.16. The molecule has 0 aromatic carbocycles. The summed E-state index contributed by atoms with van der Waals surface area (Å²) in [4.78, 5) is 11.1. The molecule has 0 aliphatic carbocycles. The second-order valence-corrected chi connectivity index (χ2v) is 6.56. The zero-order valence-electron chi connectivity index (χ0n) is 11.1. The average molecular weight is 272 g/mol. The highest BCUT2D eigenvalue weighted by molar-refractivity contribution is 7.91. The van der Waals surface area contributed by atoms with Crippen LogP contribution < -0.4 is 0 Å². The molecular formula is C12H20N2O3S. The van der Waals surface area contributed by atoms with Crippen molar-refractivity contribution in [3.63, 3.8) is 0 Å². The van der Waals surface area contributed by atoms with Crippen LogP contribution in [0.5, 0.6) is 0 Å². The normalized spacial score (nSPS) is 11.7. The fourth-order valence-corrected chi connectivity index (χ4v) is 2.63. The lowest BCUT2D eigenvalue weighted by molar-refractivity contribution is 0.112. The van der Waals surface area contributed by atoms with E-state index in [-0.39, 0.29) is 11.5 Å². The minimum absolute atomic E-state index is 0.0691. The number of nitrogens with zero attached hydrogens (tertiary/aromatic N) is 2. The lowest BCUT2D eigenvalue weighted by Gasteiger charge is -2.06. The minimum Gasteiger partial charge on any atom is -0.298 e. The molecule has 18 heavy (non-hydrogen) atoms. The van der Waals surface area contributed by atoms with E-state index in [1.165, 1.54) is 0 Å². The van der Waals surface area contributed by atoms with Gasteiger partial charge in [0.05, 0.1) is 23.6 Å². The molecule has 6 heteroatoms. The Kier molecular flexibility index (Phi) is 5.07. The Morgan fingerprint density at radius 2 is 1.89 bits per heavy atom. The summed E-state index contributed by atoms with van der Waals surface area (Å²) in [7, 11) is -3.01. The number of hydrogen-bond acceptors (Lipinski definition) is 4. The van der Waals surface area contributed by atoms with E-state index in [2.05, 4.69) is 5.10 Å². The molecule has 0 radical (unpaired) electrons. The van der Waals surface area contributed by atoms with Crippen molar-refractivity contribution >= 4 is 16.1 Å². The molecule has 102 valence electrons. The maximum atomic E-state index is 11.5. The van der Waals surface area contributed by atoms with Crippen LogP contribution in [0.25, 0.3) is 0 Å². The molecule has 0 bridgehead atoms. The number of hydrogen-bond donors (Lipinski definition) is 0. The Balaban J connectivity index is 3.02. The maximum absolute atomic E-state index is 11.5. The monoisotopic (exact) mass is 272 g/mol. The van der Waals surface area contributed by atoms with Gasteiger partial charge in [-0.15, -0.1) is 0 Å². The smallest absolute Gasteiger partial charge is 0.153 e. The summed E-state index contributed by atoms with van der Waals surface area (Å²) in [6.07, 6.45) is 2.16. The molecule has 5 nitrogen and oxygen atoms in total. The quantitative estimate of drug-likeness (QED) is 0.701. The second-order valence-electron chi connectivity index (χ2n) is 4.09. The summed E-state index contributed by atoms with van der Waals surface area (Å²) in [5.74, 6) is 0.205. The van der Waals surface area contributed by atoms with Crippen LogP contribution in [-0.4, -0.2) is 36.0 Å². The number of carbonyl (C=O) groups is 1. The Morgan fingerprint density at radius 1 is 1.22 bits per heavy atom. The average Bonchev–Trinajstić information content (AvgIpc) is 2.73. The number of aldehydes is 1. The van der Waals surface area contributed by atoms with Gasteiger partial charge in [0.1, 0.15) is 0 Å². The summed E-state index contributed by atoms with van der Waals surface area (Å²) in [5, 5.41) is 4.33. The summed E-state index contributed by atoms with van der Waals surface area (Å²) < 4.78 is 24.6. The van der Waals surface area contributed by atoms with Gasteiger partial charge in [0.2, 0.25) is 0 Å². The van der Waals surface area contributed by atoms with Gasteiger partial charge in [-0.05, 0) is 12.8 Å². The van der Waals surface area contributed by atoms with E-state index in [0.717, 1.165) is 17.7 Å². The molecule has 0 saturated carbocycles. The van der Waals surface area contributed by atoms with E-state index in [9.17, 15) is 13.2 Å². The summed E-state index contributed by atoms with van der Waals surface area (Å²) in [6, 6.07) is 0. The first-order valence-corrected chi connectivity index (χ1v) is 8.05. The number of aryl methyl sites for hydroxylation is 2. The molecule has 1 heterocycles. The Labute approximate surface area is 108 Å². The van der Waals surface area contributed by atoms with Crippen LogP contribution >= 0.6 is 0 Å². The first-order chi connectivity index (χ1) is 8.49. The molecule has 0 spiro atoms. The lowest BCUT2D eigenvalue weighted by atomic mass is 10.1. The third-order valence-corrected chi connectivity index (χ3v) is 4.70. The van der Waals surface area contributed by atoms with E-state index in [0.29, 0.717) is 24.9 Å². The third kappa shape index (κ3) is 3.19. The van der Waals surface area contributed by atoms with Gasteiger partial charge in [-0.25, -0.2) is 8.42 Å². The van der Waals surface area contributed by atoms with E-state index in [1.54, 1.807) is 11.6 Å². The standard InChI is InChI=1S/C12H20N2O3S/c1-4-11-10(9-15)12(5-2)14(13-11)7-8-18(16,17)6-3/h9H,4-8H2,1-3H3. The lowest BCUT2D eigenvalue weighted by Crippen LogP contribution is -2.17. The molecule has 0 N–H and O–H groups in total. The number of aromatic nitrogens is 2. The predicted molar refractivity (Wildman–Crippen MR) is 70.7 cm³/mol. The first-order valence-electron chi connectivity index (χ1n) is 6.23. The molecule has 0 aliphatic heterocycles. The Hall–Kier alpha value is -1.17. The van der Waals surface area contributed by atoms with Crippen molar-refractivity contribution in [3.8, 4) is 0 Å². The van der Waals surface area contributed by atoms with Crippen molar-refractivity contribution in [2.45, 2.75) is 40.2 Å². The van der Waals surface area contributed by atoms with Crippen LogP contribution in [-0.2, 0) is 29.2 Å². The molecule has 1 aromatic heterocycles. The molecule has 0 unspecified atom stereocenters. The zero-order chi connectivity index (χ0) is 13.8. The van der Waals surface area contributed by atoms with E-state index >= 15 is 0 Å². The van der Waals surface area contributed by atoms with Crippen molar-refractivity contribution in [1.29, 1.82) is 0 Å². The van der Waals surface area contributed by atoms with E-state index in [1.807, 2.05) is 13.8 Å². The molecule has 0 amide bonds. The molecule has 1 rings (SSSR count). The summed E-state index contributed by atoms with van der Waals surface area (Å²) >= 11 is 0. The van der Waals surface area contributed by atoms with Crippen molar-refractivity contribution in [2.24, 2.45) is 0 Å². The van der Waals surface area contributed by atoms with Crippen molar-refractivity contribution in [1.82, 2.24) is 9.78 Å². The van der Waals surface area contributed by atoms with Gasteiger partial charge in [-0.3, -0.25) is 9.48 Å². The van der Waals surface area contributed by atoms with Crippen LogP contribution in [0.3, 0.4) is 0 Å². The topological polar surface area (TPSA) is 69.0 Å². The van der Waals surface area contributed by atoms with Crippen LogP contribution in [0, 0.1) is 0 Å². The van der Waals surface area contributed by atoms with Gasteiger partial charge in [0.25, 0.3) is 0 Å². The predicted octanol–water partition coefficient (Wildman–Crippen LogP) is 1.26. The van der Waals surface area contributed by atoms with Crippen LogP contribution in [0.4, 0.5) is 0 Å². The fraction of sp³-hybridized carbons (Fsp3) is 0.667. The highest BCUT2D eigenvalue weighted by Crippen LogP contribution is 2.14. The molecular weight excluding hydrogens is 252 g/mol. The largest absolute Gasteiger partial charge is 0.298 e. The van der Waals surface area contributed by atoms with Crippen LogP contribution in [0.1, 0.15) is 42.5 Å². The SMILES string of the molecule is CCc1nn(CCS(=O)(=O)CC)c(CC)c1C=O. The zero-order valence-corrected chi connectivity index (χ0v) is 12.0. The van der Waals surface area contributed by atoms with E-state index in [4.69, 9.17) is 0 Å². The van der Waals surface area contributed by atoms with Gasteiger partial charge in [0.15, 0.2) is 16.1 Å². The summed E-state index contributed by atoms with van der Waals surface area (Å²) in [6.45, 7) is 5.82. The molecule has 0 aliphatic rings. The van der Waals surface area contributed by atoms with Crippen molar-refractivity contribution in [2.75, 3.05) is 11.5 Å². The van der Waals surface area contributed by atoms with Crippen molar-refractivity contribution < 1.29 is 13.2 Å². The highest BCUT2D eigenvalue weighted by atomic mass is 32.2. The first kappa shape index (κ1) is 14.9. The van der Waals surface area contributed by atoms with Crippen molar-refractivity contribution in [3.05, 3.63) is 17.0 Å². The third-order valence-electron chi connectivity index (χ3n) is 3.02. The van der Waals surface area contributed by atoms with Gasteiger partial charge in [-0.2, -0.15) is 5.10 Å². The van der Waals surface area contributed by atoms with Crippen LogP contribution in [0.2, 0.25) is 0 Å². The van der Waals surface area contributed by atoms with Gasteiger partial charge in [0, 0.05) is 11.4 Å².